The summed E-state index contributed by atoms with van der Waals surface area (Å²) < 4.78 is 189. The van der Waals surface area contributed by atoms with E-state index in [4.69, 9.17) is 173 Å². The monoisotopic (exact) mass is 2050 g/mol. The summed E-state index contributed by atoms with van der Waals surface area (Å²) in [6, 6.07) is -9.79. The van der Waals surface area contributed by atoms with Gasteiger partial charge in [0, 0.05) is 180 Å². The highest BCUT2D eigenvalue weighted by molar-refractivity contribution is 8.00. The van der Waals surface area contributed by atoms with Crippen LogP contribution >= 0.6 is 82.3 Å². The van der Waals surface area contributed by atoms with Crippen LogP contribution in [0.1, 0.15) is 0 Å². The van der Waals surface area contributed by atoms with Crippen LogP contribution in [0.25, 0.3) is 0 Å². The van der Waals surface area contributed by atoms with Gasteiger partial charge < -0.3 is 209 Å². The number of nitrogens with two attached hydrogens (primary N) is 7. The van der Waals surface area contributed by atoms with Crippen molar-refractivity contribution in [1.29, 1.82) is 0 Å². The van der Waals surface area contributed by atoms with Gasteiger partial charge in [-0.2, -0.15) is 82.3 Å². The summed E-state index contributed by atoms with van der Waals surface area (Å²) in [4.78, 5) is 86.7. The largest absolute Gasteiger partial charge is 0.480 e. The lowest BCUT2D eigenvalue weighted by molar-refractivity contribution is -0.395. The van der Waals surface area contributed by atoms with Crippen molar-refractivity contribution >= 4 is 124 Å². The number of aliphatic carboxylic acids is 7. The van der Waals surface area contributed by atoms with Crippen LogP contribution in [0.15, 0.2) is 0 Å². The number of carboxylic acid groups (broad SMARTS) is 7. The van der Waals surface area contributed by atoms with Crippen molar-refractivity contribution in [2.45, 2.75) is 257 Å². The highest BCUT2D eigenvalue weighted by atomic mass is 32.2. The molecule has 49 nitrogen and oxygen atoms in total. The summed E-state index contributed by atoms with van der Waals surface area (Å²) in [6.45, 7) is 0. The van der Waals surface area contributed by atoms with E-state index in [1.54, 1.807) is 0 Å². The summed E-state index contributed by atoms with van der Waals surface area (Å²) in [7, 11) is 18.8. The first-order valence-corrected chi connectivity index (χ1v) is 50.1. The first-order chi connectivity index (χ1) is 63.6. The molecule has 770 valence electrons. The third kappa shape index (κ3) is 30.2. The molecule has 21 aliphatic rings. The van der Waals surface area contributed by atoms with Gasteiger partial charge in [0.15, 0.2) is 44.0 Å². The predicted octanol–water partition coefficient (Wildman–Crippen LogP) is -5.00. The number of ether oxygens (including phenoxy) is 28. The Bertz CT molecular complexity index is 2920. The summed E-state index contributed by atoms with van der Waals surface area (Å²) in [5.41, 5.74) is 43.0. The standard InChI is InChI=1S/C77H133N7O42S7/c1-99-50-43-36(22-127-15-29(78)64(85)86)113-71(57(50)106-8)121-44-37(23-128-16-30(79)65(87)88)115-73(59(108-10)51(44)100-2)123-46-39(25-130-18-32(81)67(91)92)117-75(61(110-12)53(46)102-4)125-48-41(27-132-20-34(83)69(95)96)119-77(63(112-14)55(48)104-6)126-49-42(28-133-21-35(84)70(97)98)118-76(62(111-13)56(49)105-7)124-47-40(26-131-19-33(82)68(93)94)116-74(60(109-11)54(47)103-5)122-45-38(24-129-17-31(80)66(89)90)114-72(120-43)58(107-9)52(45)101-3/h29-63,71-77H,15-28,78-84H2,1-14H3,(H,85,86)(H,87,88)(H,89,90)(H,91,92)(H,93,94)(H,95,96)(H,97,98)/t29-,30-,31-,32-,33-,34-,35-,36+,37+,38+,39+,40+,41+,42+,43+,44+,45+,46+,47+,48+,49+,50-,51-,52-,53-,54-,55-,56-,57+,58+,59+,60+,61+,62+,63+,71+,72+,73+,74+,75+,76+,77+/m0/s1. The van der Waals surface area contributed by atoms with E-state index >= 15 is 0 Å². The van der Waals surface area contributed by atoms with Crippen LogP contribution in [0.3, 0.4) is 0 Å². The number of methoxy groups -OCH3 is 14. The Morgan fingerprint density at radius 3 is 0.376 bits per heavy atom. The highest BCUT2D eigenvalue weighted by Crippen LogP contribution is 2.45. The molecule has 133 heavy (non-hydrogen) atoms. The lowest BCUT2D eigenvalue weighted by atomic mass is 9.95. The third-order valence-corrected chi connectivity index (χ3v) is 31.4. The Labute approximate surface area is 799 Å². The first kappa shape index (κ1) is 116. The van der Waals surface area contributed by atoms with Gasteiger partial charge in [-0.1, -0.05) is 0 Å². The molecule has 0 aromatic heterocycles. The second-order valence-electron chi connectivity index (χ2n) is 31.7. The molecule has 21 aliphatic heterocycles. The van der Waals surface area contributed by atoms with E-state index in [0.717, 1.165) is 82.3 Å². The van der Waals surface area contributed by atoms with Gasteiger partial charge in [0.2, 0.25) is 0 Å². The predicted molar refractivity (Wildman–Crippen MR) is 476 cm³/mol. The lowest BCUT2D eigenvalue weighted by Gasteiger charge is -2.52. The summed E-state index contributed by atoms with van der Waals surface area (Å²) in [6.07, 6.45) is -47.6. The van der Waals surface area contributed by atoms with Crippen molar-refractivity contribution < 1.29 is 202 Å². The molecule has 14 bridgehead atoms. The number of carboxylic acids is 7. The van der Waals surface area contributed by atoms with Crippen LogP contribution < -0.4 is 40.1 Å². The Morgan fingerprint density at radius 1 is 0.195 bits per heavy atom. The molecular weight excluding hydrogens is 1920 g/mol. The maximum atomic E-state index is 12.4. The van der Waals surface area contributed by atoms with E-state index in [2.05, 4.69) is 0 Å². The van der Waals surface area contributed by atoms with Gasteiger partial charge in [0.25, 0.3) is 0 Å². The summed E-state index contributed by atoms with van der Waals surface area (Å²) >= 11 is 7.38. The number of hydrogen-bond acceptors (Lipinski definition) is 49. The molecule has 42 atom stereocenters. The van der Waals surface area contributed by atoms with Gasteiger partial charge in [0.05, 0.1) is 42.7 Å². The zero-order valence-electron chi connectivity index (χ0n) is 76.0. The molecule has 0 radical (unpaired) electrons. The molecule has 0 amide bonds. The van der Waals surface area contributed by atoms with Crippen molar-refractivity contribution in [3.8, 4) is 0 Å². The van der Waals surface area contributed by atoms with Gasteiger partial charge in [-0.3, -0.25) is 33.6 Å². The maximum absolute atomic E-state index is 12.4. The van der Waals surface area contributed by atoms with Gasteiger partial charge >= 0.3 is 41.8 Å². The molecule has 0 aliphatic carbocycles. The van der Waals surface area contributed by atoms with E-state index in [0.29, 0.717) is 0 Å². The van der Waals surface area contributed by atoms with E-state index in [9.17, 15) is 69.3 Å². The van der Waals surface area contributed by atoms with Crippen molar-refractivity contribution in [2.24, 2.45) is 40.1 Å². The Kier molecular flexibility index (Phi) is 49.5. The SMILES string of the molecule is CO[C@@H]1[C@@H](OC)[C@H]2O[C@H]3[C@H](OC)[C@@H](OC)[C@@H](O[C@H]4[C@H](OC)[C@@H](OC)[C@@H](O[C@H]5[C@H](OC)[C@@H](OC)[C@@H](O[C@H]6[C@H](OC)[C@@H](OC)[C@@H](O[C@H]7[C@H](OC)[C@@H](OC)[C@@H](O[C@H]8[C@H](OC)[C@@H](OC)[C@@H](O[C@@H]1[C@@H](CSC[C@H](N)C(=O)O)O2)O[C@@H]8CSC[C@H](N)C(=O)O)O[C@@H]7CSC[C@H](N)C(=O)O)O[C@@H]6CSC[C@H](N)C(=O)O)O[C@@H]5CSC[C@H](N)C(=O)O)O[C@@H]4CSC[C@H](N)C(=O)O)O[C@@H]3CSC[C@H](N)C(=O)O. The average molecular weight is 2050 g/mol. The minimum Gasteiger partial charge on any atom is -0.480 e. The zero-order valence-corrected chi connectivity index (χ0v) is 81.7. The first-order valence-electron chi connectivity index (χ1n) is 42.1. The average Bonchev–Trinajstić information content (AvgIpc) is 0.851. The van der Waals surface area contributed by atoms with Gasteiger partial charge in [0.1, 0.15) is 170 Å². The molecule has 0 aromatic rings. The van der Waals surface area contributed by atoms with Crippen molar-refractivity contribution in [3.63, 3.8) is 0 Å². The molecule has 0 saturated carbocycles. The molecule has 0 spiro atoms. The molecule has 0 aromatic carbocycles. The fourth-order valence-corrected chi connectivity index (χ4v) is 23.6. The zero-order chi connectivity index (χ0) is 97.9. The molecule has 21 heterocycles. The van der Waals surface area contributed by atoms with Crippen LogP contribution in [0.5, 0.6) is 0 Å². The van der Waals surface area contributed by atoms with Crippen LogP contribution in [-0.2, 0) is 166 Å². The second-order valence-corrected chi connectivity index (χ2v) is 39.2. The number of carbonyl (C=O) groups is 7. The lowest BCUT2D eigenvalue weighted by Crippen LogP contribution is -2.69. The Morgan fingerprint density at radius 2 is 0.293 bits per heavy atom. The molecule has 21 fully saturated rings. The molecular formula is C77H133N7O42S7. The van der Waals surface area contributed by atoms with Crippen molar-refractivity contribution in [3.05, 3.63) is 0 Å². The number of hydrogen-bond donors (Lipinski definition) is 14. The number of thioether (sulfide) groups is 7. The number of rotatable bonds is 49. The van der Waals surface area contributed by atoms with Crippen LogP contribution in [0.2, 0.25) is 0 Å². The van der Waals surface area contributed by atoms with Crippen LogP contribution in [0, 0.1) is 0 Å². The Hall–Kier alpha value is -2.66. The second kappa shape index (κ2) is 57.0. The van der Waals surface area contributed by atoms with Gasteiger partial charge in [-0.15, -0.1) is 0 Å². The van der Waals surface area contributed by atoms with Crippen molar-refractivity contribution in [2.75, 3.05) is 180 Å². The fourth-order valence-electron chi connectivity index (χ4n) is 16.4. The molecule has 21 N–H and O–H groups in total. The van der Waals surface area contributed by atoms with Gasteiger partial charge in [-0.25, -0.2) is 0 Å². The normalized spacial score (nSPS) is 38.6. The van der Waals surface area contributed by atoms with E-state index in [1.807, 2.05) is 0 Å². The highest BCUT2D eigenvalue weighted by Gasteiger charge is 2.63. The molecule has 21 rings (SSSR count). The van der Waals surface area contributed by atoms with Crippen molar-refractivity contribution in [1.82, 2.24) is 0 Å². The quantitative estimate of drug-likeness (QED) is 0.0271. The van der Waals surface area contributed by atoms with Gasteiger partial charge in [-0.05, 0) is 0 Å². The van der Waals surface area contributed by atoms with E-state index in [1.165, 1.54) is 99.5 Å². The van der Waals surface area contributed by atoms with E-state index in [-0.39, 0.29) is 80.5 Å². The molecule has 56 heteroatoms. The minimum atomic E-state index is -1.56. The fraction of sp³-hybridized carbons (Fsp3) is 0.909. The minimum absolute atomic E-state index is 0.135. The van der Waals surface area contributed by atoms with Crippen LogP contribution in [-0.4, -0.2) is 515 Å². The third-order valence-electron chi connectivity index (χ3n) is 23.3. The Balaban J connectivity index is 1.37. The molecule has 0 unspecified atom stereocenters. The van der Waals surface area contributed by atoms with Crippen LogP contribution in [0.4, 0.5) is 0 Å². The maximum Gasteiger partial charge on any atom is 0.321 e. The topological polar surface area (TPSA) is 702 Å². The van der Waals surface area contributed by atoms with E-state index < -0.39 is 299 Å². The smallest absolute Gasteiger partial charge is 0.321 e. The summed E-state index contributed by atoms with van der Waals surface area (Å²) in [5.74, 6) is -11.5. The molecule has 21 saturated heterocycles. The summed E-state index contributed by atoms with van der Waals surface area (Å²) in [5, 5.41) is 70.6.